The van der Waals surface area contributed by atoms with Crippen LogP contribution < -0.4 is 4.90 Å². The van der Waals surface area contributed by atoms with E-state index in [1.54, 1.807) is 31.3 Å². The van der Waals surface area contributed by atoms with Gasteiger partial charge in [-0.1, -0.05) is 23.7 Å². The first kappa shape index (κ1) is 16.0. The first-order valence-electron chi connectivity index (χ1n) is 7.06. The van der Waals surface area contributed by atoms with Crippen LogP contribution in [0.15, 0.2) is 48.0 Å². The minimum absolute atomic E-state index is 0.00745. The van der Waals surface area contributed by atoms with E-state index in [2.05, 4.69) is 0 Å². The minimum Gasteiger partial charge on any atom is -0.478 e. The summed E-state index contributed by atoms with van der Waals surface area (Å²) in [6, 6.07) is 10.9. The number of hydrogen-bond donors (Lipinski definition) is 1. The molecule has 1 aliphatic heterocycles. The van der Waals surface area contributed by atoms with Gasteiger partial charge in [-0.05, 0) is 42.0 Å². The fourth-order valence-electron chi connectivity index (χ4n) is 2.57. The lowest BCUT2D eigenvalue weighted by molar-refractivity contribution is -0.114. The van der Waals surface area contributed by atoms with Crippen LogP contribution in [0.3, 0.4) is 0 Å². The van der Waals surface area contributed by atoms with Gasteiger partial charge in [-0.15, -0.1) is 0 Å². The van der Waals surface area contributed by atoms with Crippen LogP contribution in [-0.4, -0.2) is 29.8 Å². The summed E-state index contributed by atoms with van der Waals surface area (Å²) in [5, 5.41) is 9.59. The number of amides is 1. The van der Waals surface area contributed by atoms with Gasteiger partial charge in [0, 0.05) is 17.6 Å². The Balaban J connectivity index is 2.14. The van der Waals surface area contributed by atoms with Crippen molar-refractivity contribution in [2.24, 2.45) is 0 Å². The third-order valence-corrected chi connectivity index (χ3v) is 4.02. The molecule has 5 nitrogen and oxygen atoms in total. The summed E-state index contributed by atoms with van der Waals surface area (Å²) in [7, 11) is 1.54. The number of carboxylic acids is 1. The minimum atomic E-state index is -1.13. The second kappa shape index (κ2) is 5.94. The Morgan fingerprint density at radius 1 is 1.17 bits per heavy atom. The van der Waals surface area contributed by atoms with Gasteiger partial charge in [0.25, 0.3) is 5.91 Å². The number of nitrogens with zero attached hydrogens (tertiary/aromatic N) is 1. The number of likely N-dealkylation sites (N-methyl/N-ethyl adjacent to an activating group) is 1. The molecular formula is C18H12ClNO4. The Morgan fingerprint density at radius 3 is 2.58 bits per heavy atom. The molecule has 0 radical (unpaired) electrons. The van der Waals surface area contributed by atoms with Crippen LogP contribution >= 0.6 is 11.6 Å². The highest BCUT2D eigenvalue weighted by atomic mass is 35.5. The lowest BCUT2D eigenvalue weighted by atomic mass is 9.92. The maximum Gasteiger partial charge on any atom is 0.335 e. The van der Waals surface area contributed by atoms with E-state index in [1.165, 1.54) is 29.2 Å². The molecule has 0 spiro atoms. The molecule has 0 aromatic heterocycles. The first-order valence-corrected chi connectivity index (χ1v) is 7.43. The van der Waals surface area contributed by atoms with Crippen molar-refractivity contribution in [2.75, 3.05) is 11.9 Å². The van der Waals surface area contributed by atoms with Crippen molar-refractivity contribution in [1.82, 2.24) is 0 Å². The second-order valence-corrected chi connectivity index (χ2v) is 5.78. The molecule has 2 aromatic carbocycles. The third kappa shape index (κ3) is 2.70. The number of Topliss-reactive ketones (excluding diaryl/α,β-unsaturated/α-hetero) is 1. The quantitative estimate of drug-likeness (QED) is 0.672. The van der Waals surface area contributed by atoms with Gasteiger partial charge >= 0.3 is 5.97 Å². The molecule has 0 unspecified atom stereocenters. The SMILES string of the molecule is CN1C(=O)/C(=C\c2cccc(Cl)c2)C(=O)c2cc(C(=O)O)ccc21. The van der Waals surface area contributed by atoms with E-state index in [1.807, 2.05) is 0 Å². The Hall–Kier alpha value is -2.92. The van der Waals surface area contributed by atoms with Crippen LogP contribution in [0, 0.1) is 0 Å². The summed E-state index contributed by atoms with van der Waals surface area (Å²) in [5.74, 6) is -2.09. The summed E-state index contributed by atoms with van der Waals surface area (Å²) in [6.07, 6.45) is 1.46. The monoisotopic (exact) mass is 341 g/mol. The van der Waals surface area contributed by atoms with E-state index in [9.17, 15) is 14.4 Å². The van der Waals surface area contributed by atoms with Gasteiger partial charge in [0.1, 0.15) is 0 Å². The molecule has 24 heavy (non-hydrogen) atoms. The number of aromatic carboxylic acids is 1. The van der Waals surface area contributed by atoms with Crippen LogP contribution in [0.5, 0.6) is 0 Å². The normalized spacial score (nSPS) is 15.6. The van der Waals surface area contributed by atoms with Crippen molar-refractivity contribution in [2.45, 2.75) is 0 Å². The zero-order chi connectivity index (χ0) is 17.4. The number of hydrogen-bond acceptors (Lipinski definition) is 3. The van der Waals surface area contributed by atoms with Gasteiger partial charge in [0.15, 0.2) is 0 Å². The molecule has 1 heterocycles. The van der Waals surface area contributed by atoms with Gasteiger partial charge in [-0.25, -0.2) is 4.79 Å². The molecule has 1 aliphatic rings. The van der Waals surface area contributed by atoms with Gasteiger partial charge < -0.3 is 10.0 Å². The lowest BCUT2D eigenvalue weighted by Gasteiger charge is -2.26. The smallest absolute Gasteiger partial charge is 0.335 e. The number of carboxylic acid groups (broad SMARTS) is 1. The number of rotatable bonds is 2. The maximum absolute atomic E-state index is 12.7. The van der Waals surface area contributed by atoms with Crippen LogP contribution in [0.2, 0.25) is 5.02 Å². The number of halogens is 1. The summed E-state index contributed by atoms with van der Waals surface area (Å²) in [6.45, 7) is 0. The zero-order valence-electron chi connectivity index (χ0n) is 12.6. The molecule has 0 saturated carbocycles. The van der Waals surface area contributed by atoms with E-state index >= 15 is 0 Å². The van der Waals surface area contributed by atoms with E-state index < -0.39 is 17.7 Å². The largest absolute Gasteiger partial charge is 0.478 e. The molecule has 120 valence electrons. The van der Waals surface area contributed by atoms with E-state index in [-0.39, 0.29) is 16.7 Å². The molecule has 1 N–H and O–H groups in total. The standard InChI is InChI=1S/C18H12ClNO4/c1-20-15-6-5-11(18(23)24)9-13(15)16(21)14(17(20)22)8-10-3-2-4-12(19)7-10/h2-9H,1H3,(H,23,24)/b14-8-. The molecule has 0 atom stereocenters. The topological polar surface area (TPSA) is 74.7 Å². The van der Waals surface area contributed by atoms with Crippen molar-refractivity contribution in [1.29, 1.82) is 0 Å². The van der Waals surface area contributed by atoms with Crippen molar-refractivity contribution in [3.63, 3.8) is 0 Å². The molecule has 0 saturated heterocycles. The molecule has 6 heteroatoms. The molecule has 0 fully saturated rings. The Labute approximate surface area is 142 Å². The first-order chi connectivity index (χ1) is 11.4. The summed E-state index contributed by atoms with van der Waals surface area (Å²) >= 11 is 5.93. The third-order valence-electron chi connectivity index (χ3n) is 3.79. The number of carbonyl (C=O) groups excluding carboxylic acids is 2. The second-order valence-electron chi connectivity index (χ2n) is 5.34. The van der Waals surface area contributed by atoms with Crippen molar-refractivity contribution >= 4 is 41.0 Å². The number of carbonyl (C=O) groups is 3. The Morgan fingerprint density at radius 2 is 1.92 bits per heavy atom. The highest BCUT2D eigenvalue weighted by Crippen LogP contribution is 2.31. The van der Waals surface area contributed by atoms with Crippen LogP contribution in [0.1, 0.15) is 26.3 Å². The van der Waals surface area contributed by atoms with Crippen LogP contribution in [0.25, 0.3) is 6.08 Å². The number of benzene rings is 2. The fourth-order valence-corrected chi connectivity index (χ4v) is 2.76. The lowest BCUT2D eigenvalue weighted by Crippen LogP contribution is -2.36. The molecule has 3 rings (SSSR count). The highest BCUT2D eigenvalue weighted by Gasteiger charge is 2.33. The van der Waals surface area contributed by atoms with Crippen LogP contribution in [0.4, 0.5) is 5.69 Å². The fraction of sp³-hybridized carbons (Fsp3) is 0.0556. The molecular weight excluding hydrogens is 330 g/mol. The van der Waals surface area contributed by atoms with Gasteiger partial charge in [0.2, 0.25) is 5.78 Å². The summed E-state index contributed by atoms with van der Waals surface area (Å²) in [5.41, 5.74) is 1.15. The Bertz CT molecular complexity index is 917. The molecule has 0 bridgehead atoms. The number of ketones is 1. The molecule has 0 aliphatic carbocycles. The van der Waals surface area contributed by atoms with Crippen molar-refractivity contribution < 1.29 is 19.5 Å². The summed E-state index contributed by atoms with van der Waals surface area (Å²) in [4.78, 5) is 37.6. The predicted molar refractivity (Wildman–Crippen MR) is 90.6 cm³/mol. The molecule has 1 amide bonds. The number of fused-ring (bicyclic) bond motifs is 1. The van der Waals surface area contributed by atoms with Gasteiger partial charge in [-0.2, -0.15) is 0 Å². The highest BCUT2D eigenvalue weighted by molar-refractivity contribution is 6.36. The maximum atomic E-state index is 12.7. The average molecular weight is 342 g/mol. The predicted octanol–water partition coefficient (Wildman–Crippen LogP) is 3.28. The van der Waals surface area contributed by atoms with Crippen molar-refractivity contribution in [3.8, 4) is 0 Å². The molecule has 2 aromatic rings. The number of anilines is 1. The zero-order valence-corrected chi connectivity index (χ0v) is 13.4. The van der Waals surface area contributed by atoms with Gasteiger partial charge in [-0.3, -0.25) is 9.59 Å². The van der Waals surface area contributed by atoms with E-state index in [4.69, 9.17) is 16.7 Å². The van der Waals surface area contributed by atoms with Crippen LogP contribution in [-0.2, 0) is 4.79 Å². The van der Waals surface area contributed by atoms with Gasteiger partial charge in [0.05, 0.1) is 16.8 Å². The van der Waals surface area contributed by atoms with E-state index in [0.717, 1.165) is 0 Å². The van der Waals surface area contributed by atoms with Crippen molar-refractivity contribution in [3.05, 3.63) is 69.8 Å². The summed E-state index contributed by atoms with van der Waals surface area (Å²) < 4.78 is 0. The van der Waals surface area contributed by atoms with E-state index in [0.29, 0.717) is 16.3 Å². The Kier molecular flexibility index (Phi) is 3.95. The average Bonchev–Trinajstić information content (AvgIpc) is 2.56.